The van der Waals surface area contributed by atoms with Crippen LogP contribution in [-0.4, -0.2) is 32.4 Å². The van der Waals surface area contributed by atoms with Gasteiger partial charge in [-0.3, -0.25) is 0 Å². The van der Waals surface area contributed by atoms with Crippen molar-refractivity contribution in [1.29, 1.82) is 0 Å². The van der Waals surface area contributed by atoms with Gasteiger partial charge >= 0.3 is 0 Å². The molecule has 11 heavy (non-hydrogen) atoms. The maximum absolute atomic E-state index is 5.35. The van der Waals surface area contributed by atoms with Gasteiger partial charge in [0.2, 0.25) is 0 Å². The van der Waals surface area contributed by atoms with Crippen molar-refractivity contribution in [2.75, 3.05) is 20.3 Å². The molecule has 4 heteroatoms. The smallest absolute Gasteiger partial charge is 0.282 e. The summed E-state index contributed by atoms with van der Waals surface area (Å²) in [6.45, 7) is 3.41. The minimum atomic E-state index is 0.106. The van der Waals surface area contributed by atoms with Crippen LogP contribution in [0.4, 0.5) is 0 Å². The van der Waals surface area contributed by atoms with Crippen molar-refractivity contribution in [3.63, 3.8) is 0 Å². The van der Waals surface area contributed by atoms with Gasteiger partial charge in [0.15, 0.2) is 0 Å². The van der Waals surface area contributed by atoms with E-state index in [-0.39, 0.29) is 6.10 Å². The van der Waals surface area contributed by atoms with E-state index in [0.29, 0.717) is 25.1 Å². The first kappa shape index (κ1) is 8.33. The Morgan fingerprint density at radius 3 is 3.09 bits per heavy atom. The molecule has 0 aromatic carbocycles. The summed E-state index contributed by atoms with van der Waals surface area (Å²) in [5.74, 6) is 0.352. The lowest BCUT2D eigenvalue weighted by Gasteiger charge is -2.16. The van der Waals surface area contributed by atoms with Gasteiger partial charge in [0.1, 0.15) is 6.10 Å². The summed E-state index contributed by atoms with van der Waals surface area (Å²) >= 11 is 0. The highest BCUT2D eigenvalue weighted by Gasteiger charge is 2.23. The molecule has 1 aliphatic heterocycles. The molecule has 0 saturated carbocycles. The number of methoxy groups -OCH3 is 1. The van der Waals surface area contributed by atoms with E-state index in [9.17, 15) is 0 Å². The van der Waals surface area contributed by atoms with Gasteiger partial charge in [0.05, 0.1) is 13.2 Å². The lowest BCUT2D eigenvalue weighted by Crippen LogP contribution is -2.27. The quantitative estimate of drug-likeness (QED) is 0.628. The zero-order valence-electron chi connectivity index (χ0n) is 6.91. The molecule has 4 nitrogen and oxygen atoms in total. The molecule has 2 atom stereocenters. The van der Waals surface area contributed by atoms with Gasteiger partial charge in [-0.25, -0.2) is 4.99 Å². The number of nitrogens with zero attached hydrogens (tertiary/aromatic N) is 1. The van der Waals surface area contributed by atoms with Gasteiger partial charge < -0.3 is 15.2 Å². The van der Waals surface area contributed by atoms with Gasteiger partial charge in [-0.15, -0.1) is 0 Å². The van der Waals surface area contributed by atoms with Gasteiger partial charge in [0.25, 0.3) is 6.02 Å². The Hall–Kier alpha value is -0.770. The molecule has 1 heterocycles. The van der Waals surface area contributed by atoms with Crippen LogP contribution in [0.2, 0.25) is 0 Å². The van der Waals surface area contributed by atoms with E-state index in [4.69, 9.17) is 15.2 Å². The average Bonchev–Trinajstić information content (AvgIpc) is 2.36. The highest BCUT2D eigenvalue weighted by molar-refractivity contribution is 5.73. The first-order chi connectivity index (χ1) is 5.24. The van der Waals surface area contributed by atoms with Crippen LogP contribution >= 0.6 is 0 Å². The summed E-state index contributed by atoms with van der Waals surface area (Å²) in [6.07, 6.45) is 0.106. The Kier molecular flexibility index (Phi) is 2.70. The van der Waals surface area contributed by atoms with Gasteiger partial charge in [0, 0.05) is 13.0 Å². The van der Waals surface area contributed by atoms with E-state index in [2.05, 4.69) is 11.9 Å². The zero-order chi connectivity index (χ0) is 8.27. The van der Waals surface area contributed by atoms with Crippen molar-refractivity contribution in [2.45, 2.75) is 13.0 Å². The number of aliphatic imine (C=N–C) groups is 1. The van der Waals surface area contributed by atoms with E-state index in [1.165, 1.54) is 0 Å². The minimum Gasteiger partial charge on any atom is -0.460 e. The lowest BCUT2D eigenvalue weighted by molar-refractivity contribution is 0.0811. The summed E-state index contributed by atoms with van der Waals surface area (Å²) in [4.78, 5) is 3.94. The summed E-state index contributed by atoms with van der Waals surface area (Å²) in [5.41, 5.74) is 5.35. The topological polar surface area (TPSA) is 56.8 Å². The van der Waals surface area contributed by atoms with E-state index in [0.717, 1.165) is 0 Å². The van der Waals surface area contributed by atoms with Crippen molar-refractivity contribution in [3.05, 3.63) is 0 Å². The molecule has 0 amide bonds. The lowest BCUT2D eigenvalue weighted by atomic mass is 10.1. The van der Waals surface area contributed by atoms with Crippen LogP contribution in [0.3, 0.4) is 0 Å². The highest BCUT2D eigenvalue weighted by atomic mass is 16.5. The first-order valence-corrected chi connectivity index (χ1v) is 3.69. The Morgan fingerprint density at radius 1 is 1.91 bits per heavy atom. The number of nitrogens with two attached hydrogens (primary N) is 1. The van der Waals surface area contributed by atoms with Crippen LogP contribution in [-0.2, 0) is 9.47 Å². The molecule has 2 unspecified atom stereocenters. The molecule has 0 fully saturated rings. The molecule has 0 saturated heterocycles. The fourth-order valence-corrected chi connectivity index (χ4v) is 1.08. The largest absolute Gasteiger partial charge is 0.460 e. The van der Waals surface area contributed by atoms with Gasteiger partial charge in [-0.1, -0.05) is 6.92 Å². The molecule has 1 aliphatic rings. The van der Waals surface area contributed by atoms with Crippen molar-refractivity contribution in [1.82, 2.24) is 0 Å². The van der Waals surface area contributed by atoms with Gasteiger partial charge in [-0.05, 0) is 0 Å². The van der Waals surface area contributed by atoms with Gasteiger partial charge in [-0.2, -0.15) is 0 Å². The molecule has 0 bridgehead atoms. The molecule has 0 spiro atoms. The first-order valence-electron chi connectivity index (χ1n) is 3.69. The van der Waals surface area contributed by atoms with Crippen LogP contribution in [0.25, 0.3) is 0 Å². The second-order valence-electron chi connectivity index (χ2n) is 2.77. The van der Waals surface area contributed by atoms with Crippen LogP contribution < -0.4 is 5.73 Å². The summed E-state index contributed by atoms with van der Waals surface area (Å²) < 4.78 is 10.2. The number of hydrogen-bond acceptors (Lipinski definition) is 4. The van der Waals surface area contributed by atoms with Crippen LogP contribution in [0, 0.1) is 5.92 Å². The van der Waals surface area contributed by atoms with Crippen molar-refractivity contribution in [3.8, 4) is 0 Å². The minimum absolute atomic E-state index is 0.106. The molecule has 0 radical (unpaired) electrons. The van der Waals surface area contributed by atoms with Crippen molar-refractivity contribution < 1.29 is 9.47 Å². The molecule has 0 aromatic rings. The third kappa shape index (κ3) is 2.08. The monoisotopic (exact) mass is 158 g/mol. The second-order valence-corrected chi connectivity index (χ2v) is 2.77. The number of rotatable bonds is 3. The fourth-order valence-electron chi connectivity index (χ4n) is 1.08. The molecule has 2 N–H and O–H groups in total. The number of hydrogen-bond donors (Lipinski definition) is 1. The molecule has 0 aliphatic carbocycles. The molecular weight excluding hydrogens is 144 g/mol. The van der Waals surface area contributed by atoms with Crippen molar-refractivity contribution >= 4 is 6.02 Å². The molecule has 0 aromatic heterocycles. The predicted molar refractivity (Wildman–Crippen MR) is 42.4 cm³/mol. The Bertz CT molecular complexity index is 159. The normalized spacial score (nSPS) is 26.0. The maximum atomic E-state index is 5.35. The second kappa shape index (κ2) is 3.57. The Labute approximate surface area is 66.4 Å². The standard InChI is InChI=1S/C7H14N2O2/c1-5(4-10-2)6-3-9-7(8)11-6/h5-6H,3-4H2,1-2H3,(H2,8,9). The highest BCUT2D eigenvalue weighted by Crippen LogP contribution is 2.12. The van der Waals surface area contributed by atoms with Crippen molar-refractivity contribution in [2.24, 2.45) is 16.6 Å². The molecule has 1 rings (SSSR count). The van der Waals surface area contributed by atoms with E-state index < -0.39 is 0 Å². The third-order valence-electron chi connectivity index (χ3n) is 1.76. The van der Waals surface area contributed by atoms with E-state index in [1.54, 1.807) is 7.11 Å². The SMILES string of the molecule is COCC(C)C1CN=C(N)O1. The number of amidine groups is 1. The third-order valence-corrected chi connectivity index (χ3v) is 1.76. The average molecular weight is 158 g/mol. The Balaban J connectivity index is 2.28. The summed E-state index contributed by atoms with van der Waals surface area (Å²) in [5, 5.41) is 0. The van der Waals surface area contributed by atoms with Crippen LogP contribution in [0.5, 0.6) is 0 Å². The van der Waals surface area contributed by atoms with E-state index in [1.807, 2.05) is 0 Å². The van der Waals surface area contributed by atoms with Crippen LogP contribution in [0.15, 0.2) is 4.99 Å². The molecule has 64 valence electrons. The maximum Gasteiger partial charge on any atom is 0.282 e. The summed E-state index contributed by atoms with van der Waals surface area (Å²) in [7, 11) is 1.68. The van der Waals surface area contributed by atoms with Crippen LogP contribution in [0.1, 0.15) is 6.92 Å². The Morgan fingerprint density at radius 2 is 2.64 bits per heavy atom. The fraction of sp³-hybridized carbons (Fsp3) is 0.857. The molecular formula is C7H14N2O2. The van der Waals surface area contributed by atoms with E-state index >= 15 is 0 Å². The predicted octanol–water partition coefficient (Wildman–Crippen LogP) is -0.0176. The number of ether oxygens (including phenoxy) is 2. The zero-order valence-corrected chi connectivity index (χ0v) is 6.91. The summed E-state index contributed by atoms with van der Waals surface area (Å²) in [6, 6.07) is 0.304.